The Morgan fingerprint density at radius 3 is 0.656 bits per heavy atom. The summed E-state index contributed by atoms with van der Waals surface area (Å²) in [5.41, 5.74) is 3.32. The maximum atomic E-state index is 10.6. The van der Waals surface area contributed by atoms with Crippen molar-refractivity contribution in [1.82, 2.24) is 44.9 Å². The molecule has 10 aromatic rings. The van der Waals surface area contributed by atoms with Gasteiger partial charge in [0.05, 0.1) is 119 Å². The molecule has 7 aromatic carbocycles. The number of aromatic nitrogens is 9. The minimum atomic E-state index is -1.72. The van der Waals surface area contributed by atoms with Gasteiger partial charge in [0.2, 0.25) is 15.9 Å². The van der Waals surface area contributed by atoms with E-state index in [1.807, 2.05) is 60.7 Å². The Balaban J connectivity index is 0.000000220. The number of nitrogens with zero attached hydrogens (tertiary/aromatic N) is 9. The van der Waals surface area contributed by atoms with Crippen molar-refractivity contribution >= 4 is 76.3 Å². The summed E-state index contributed by atoms with van der Waals surface area (Å²) in [5, 5.41) is 21.2. The molecule has 0 aliphatic rings. The lowest BCUT2D eigenvalue weighted by Gasteiger charge is -2.15. The predicted molar refractivity (Wildman–Crippen MR) is 359 cm³/mol. The smallest absolute Gasteiger partial charge is 0.507 e. The summed E-state index contributed by atoms with van der Waals surface area (Å²) in [6.45, 7) is 0. The van der Waals surface area contributed by atoms with E-state index < -0.39 is 11.4 Å². The number of phenols is 2. The molecule has 2 N–H and O–H groups in total. The lowest BCUT2D eigenvalue weighted by molar-refractivity contribution is 0.394. The normalized spacial score (nSPS) is 10.1. The van der Waals surface area contributed by atoms with E-state index in [4.69, 9.17) is 137 Å². The van der Waals surface area contributed by atoms with Crippen LogP contribution in [0.1, 0.15) is 0 Å². The minimum absolute atomic E-state index is 0.000000000000000444. The molecule has 486 valence electrons. The van der Waals surface area contributed by atoms with Crippen molar-refractivity contribution in [2.24, 2.45) is 0 Å². The first-order valence-corrected chi connectivity index (χ1v) is 33.2. The van der Waals surface area contributed by atoms with Crippen LogP contribution in [0.4, 0.5) is 0 Å². The zero-order valence-electron chi connectivity index (χ0n) is 51.9. The van der Waals surface area contributed by atoms with E-state index in [1.165, 1.54) is 33.5 Å². The summed E-state index contributed by atoms with van der Waals surface area (Å²) in [6.07, 6.45) is 0. The second-order valence-electron chi connectivity index (χ2n) is 17.9. The van der Waals surface area contributed by atoms with Gasteiger partial charge >= 0.3 is 11.4 Å². The average molecular weight is 1410 g/mol. The number of rotatable bonds is 18. The van der Waals surface area contributed by atoms with Crippen LogP contribution in [0.3, 0.4) is 0 Å². The highest BCUT2D eigenvalue weighted by atomic mass is 35.8. The third kappa shape index (κ3) is 20.5. The van der Waals surface area contributed by atoms with Crippen molar-refractivity contribution in [2.45, 2.75) is 0 Å². The highest BCUT2D eigenvalue weighted by Crippen LogP contribution is 2.41. The van der Waals surface area contributed by atoms with E-state index >= 15 is 0 Å². The molecule has 0 spiro atoms. The number of methoxy groups -OCH3 is 12. The largest absolute Gasteiger partial charge is 0.643 e. The SMILES string of the molecule is COc1ccc(-c2nc(-c3ccc(OC)cc3O)nc(-c3ccc(OC)cc3OC)n2)c(O)c1.COc1ccc(-c2nc(-c3ccc(OC)cc3OC)nc(-c3ccc(OC)cc3OC)n2)c(OC)c1.COc1cccc(OC)c1.Clc1nc(Cl)nc(Cl)n1.[Cl][Al]([Cl])[Cl]. The van der Waals surface area contributed by atoms with Gasteiger partial charge in [0, 0.05) is 42.5 Å². The second kappa shape index (κ2) is 36.3. The van der Waals surface area contributed by atoms with Gasteiger partial charge in [-0.1, -0.05) is 6.07 Å². The number of aromatic hydroxyl groups is 2. The van der Waals surface area contributed by atoms with Gasteiger partial charge in [-0.05, 0) is 120 Å². The highest BCUT2D eigenvalue weighted by Gasteiger charge is 2.23. The van der Waals surface area contributed by atoms with Crippen LogP contribution in [0.5, 0.6) is 80.5 Å². The van der Waals surface area contributed by atoms with Crippen molar-refractivity contribution < 1.29 is 67.1 Å². The van der Waals surface area contributed by atoms with Gasteiger partial charge in [-0.2, -0.15) is 15.0 Å². The summed E-state index contributed by atoms with van der Waals surface area (Å²) >= 11 is 14.2. The van der Waals surface area contributed by atoms with Crippen LogP contribution >= 0.6 is 65.0 Å². The Labute approximate surface area is 567 Å². The first-order chi connectivity index (χ1) is 44.8. The Morgan fingerprint density at radius 2 is 0.452 bits per heavy atom. The third-order valence-corrected chi connectivity index (χ3v) is 13.1. The molecule has 3 aromatic heterocycles. The van der Waals surface area contributed by atoms with Crippen LogP contribution in [0.2, 0.25) is 15.9 Å². The molecular weight excluding hydrogens is 1350 g/mol. The van der Waals surface area contributed by atoms with Crippen LogP contribution < -0.4 is 56.8 Å². The second-order valence-corrected chi connectivity index (χ2v) is 25.4. The molecule has 3 heterocycles. The Bertz CT molecular complexity index is 3800. The lowest BCUT2D eigenvalue weighted by atomic mass is 10.1. The van der Waals surface area contributed by atoms with Crippen molar-refractivity contribution in [3.8, 4) is 149 Å². The molecule has 0 radical (unpaired) electrons. The summed E-state index contributed by atoms with van der Waals surface area (Å²) < 4.78 is 64.0. The molecule has 23 nitrogen and oxygen atoms in total. The predicted octanol–water partition coefficient (Wildman–Crippen LogP) is 14.5. The Morgan fingerprint density at radius 1 is 0.258 bits per heavy atom. The molecule has 30 heteroatoms. The van der Waals surface area contributed by atoms with Gasteiger partial charge in [0.25, 0.3) is 0 Å². The topological polar surface area (TPSA) is 267 Å². The van der Waals surface area contributed by atoms with E-state index in [1.54, 1.807) is 125 Å². The molecule has 0 unspecified atom stereocenters. The summed E-state index contributed by atoms with van der Waals surface area (Å²) in [7, 11) is 33.8. The molecule has 0 aliphatic heterocycles. The first kappa shape index (κ1) is 73.1. The van der Waals surface area contributed by atoms with Gasteiger partial charge in [0.1, 0.15) is 80.5 Å². The van der Waals surface area contributed by atoms with Gasteiger partial charge in [0.15, 0.2) is 34.9 Å². The van der Waals surface area contributed by atoms with E-state index in [-0.39, 0.29) is 44.8 Å². The summed E-state index contributed by atoms with van der Waals surface area (Å²) in [5.74, 6) is 9.10. The zero-order valence-corrected chi connectivity index (χ0v) is 57.6. The van der Waals surface area contributed by atoms with Crippen LogP contribution in [-0.4, -0.2) is 152 Å². The van der Waals surface area contributed by atoms with Gasteiger partial charge in [-0.25, -0.2) is 60.1 Å². The highest BCUT2D eigenvalue weighted by molar-refractivity contribution is 7.54. The fraction of sp³-hybridized carbons (Fsp3) is 0.190. The first-order valence-electron chi connectivity index (χ1n) is 26.8. The molecule has 0 saturated heterocycles. The minimum Gasteiger partial charge on any atom is -0.507 e. The van der Waals surface area contributed by atoms with E-state index in [2.05, 4.69) is 29.9 Å². The summed E-state index contributed by atoms with van der Waals surface area (Å²) in [6, 6.07) is 38.7. The lowest BCUT2D eigenvalue weighted by Crippen LogP contribution is -2.03. The quantitative estimate of drug-likeness (QED) is 0.0756. The fourth-order valence-electron chi connectivity index (χ4n) is 8.09. The molecule has 0 amide bonds. The molecular formula is C63H60AlCl6N9O14. The maximum absolute atomic E-state index is 10.6. The Hall–Kier alpha value is -8.96. The van der Waals surface area contributed by atoms with Crippen LogP contribution in [0.25, 0.3) is 68.3 Å². The zero-order chi connectivity index (χ0) is 67.7. The molecule has 10 rings (SSSR count). The number of hydrogen-bond donors (Lipinski definition) is 2. The van der Waals surface area contributed by atoms with Crippen LogP contribution in [0, 0.1) is 0 Å². The third-order valence-electron chi connectivity index (χ3n) is 12.6. The monoisotopic (exact) mass is 1400 g/mol. The van der Waals surface area contributed by atoms with Crippen molar-refractivity contribution in [3.05, 3.63) is 149 Å². The molecule has 0 saturated carbocycles. The van der Waals surface area contributed by atoms with Gasteiger partial charge < -0.3 is 67.1 Å². The maximum Gasteiger partial charge on any atom is 0.643 e. The summed E-state index contributed by atoms with van der Waals surface area (Å²) in [4.78, 5) is 38.5. The van der Waals surface area contributed by atoms with Crippen molar-refractivity contribution in [2.75, 3.05) is 85.3 Å². The molecule has 0 bridgehead atoms. The Kier molecular flexibility index (Phi) is 28.6. The molecule has 93 heavy (non-hydrogen) atoms. The van der Waals surface area contributed by atoms with Gasteiger partial charge in [-0.15, -0.1) is 0 Å². The van der Waals surface area contributed by atoms with Crippen LogP contribution in [0.15, 0.2) is 133 Å². The number of hydrogen-bond acceptors (Lipinski definition) is 23. The van der Waals surface area contributed by atoms with Gasteiger partial charge in [-0.3, -0.25) is 0 Å². The van der Waals surface area contributed by atoms with Crippen molar-refractivity contribution in [1.29, 1.82) is 0 Å². The standard InChI is InChI=1S/C27H27N3O6.C25H23N3O6.C8H10O2.C3Cl3N3.Al.3ClH/c1-31-16-7-10-19(22(13-16)34-4)25-28-26(20-11-8-17(32-2)14-23(20)35-5)30-27(29-25)21-12-9-18(33-3)15-24(21)36-6;1-31-14-5-8-17(20(29)11-14)23-26-24(18-9-6-15(32-2)12-21(18)30)28-25(27-23)19-10-7-16(33-3)13-22(19)34-4;1-9-7-4-3-5-8(6-7)10-2;4-1-7-2(5)9-3(6)8-1;;;;/h7-15H,1-6H3;5-13,29-30H,1-4H3;3-6H,1-2H3;;;3*1H/q;;;;+3;;;/p-3. The molecule has 0 fully saturated rings. The molecule has 0 aliphatic carbocycles. The van der Waals surface area contributed by atoms with E-state index in [0.29, 0.717) is 108 Å². The van der Waals surface area contributed by atoms with E-state index in [0.717, 1.165) is 11.5 Å². The van der Waals surface area contributed by atoms with Crippen LogP contribution in [-0.2, 0) is 0 Å². The number of ether oxygens (including phenoxy) is 12. The number of halogens is 6. The fourth-order valence-corrected chi connectivity index (χ4v) is 8.70. The van der Waals surface area contributed by atoms with E-state index in [9.17, 15) is 10.2 Å². The van der Waals surface area contributed by atoms with Crippen molar-refractivity contribution in [3.63, 3.8) is 0 Å². The number of phenolic OH excluding ortho intramolecular Hbond substituents is 2. The average Bonchev–Trinajstić information content (AvgIpc) is 0.949. The molecule has 0 atom stereocenters. The number of benzene rings is 7.